The smallest absolute Gasteiger partial charge is 0.410 e. The summed E-state index contributed by atoms with van der Waals surface area (Å²) in [5, 5.41) is 12.4. The number of fused-ring (bicyclic) bond motifs is 3. The largest absolute Gasteiger partial charge is 0.444 e. The second-order valence-electron chi connectivity index (χ2n) is 8.63. The molecule has 2 unspecified atom stereocenters. The van der Waals surface area contributed by atoms with Crippen molar-refractivity contribution in [2.24, 2.45) is 0 Å². The van der Waals surface area contributed by atoms with Crippen LogP contribution in [0.1, 0.15) is 52.0 Å². The zero-order valence-electron chi connectivity index (χ0n) is 15.6. The number of pyridine rings is 1. The van der Waals surface area contributed by atoms with Crippen molar-refractivity contribution in [3.63, 3.8) is 0 Å². The molecule has 0 radical (unpaired) electrons. The Balaban J connectivity index is 1.59. The highest BCUT2D eigenvalue weighted by atomic mass is 16.6. The number of rotatable bonds is 1. The summed E-state index contributed by atoms with van der Waals surface area (Å²) in [5.41, 5.74) is 0.319. The molecule has 1 aromatic heterocycles. The van der Waals surface area contributed by atoms with Crippen molar-refractivity contribution in [3.05, 3.63) is 42.1 Å². The number of benzene rings is 1. The van der Waals surface area contributed by atoms with Crippen molar-refractivity contribution < 1.29 is 14.6 Å². The topological polar surface area (TPSA) is 62.7 Å². The molecule has 2 aromatic rings. The van der Waals surface area contributed by atoms with Crippen LogP contribution in [0.25, 0.3) is 10.9 Å². The maximum absolute atomic E-state index is 12.6. The van der Waals surface area contributed by atoms with Crippen LogP contribution in [0, 0.1) is 0 Å². The van der Waals surface area contributed by atoms with Gasteiger partial charge in [-0.25, -0.2) is 4.79 Å². The van der Waals surface area contributed by atoms with Crippen molar-refractivity contribution in [2.75, 3.05) is 0 Å². The maximum atomic E-state index is 12.6. The third-order valence-electron chi connectivity index (χ3n) is 5.50. The molecule has 0 aliphatic carbocycles. The Labute approximate surface area is 154 Å². The van der Waals surface area contributed by atoms with E-state index in [9.17, 15) is 9.90 Å². The fourth-order valence-electron chi connectivity index (χ4n) is 4.40. The molecule has 0 saturated carbocycles. The lowest BCUT2D eigenvalue weighted by atomic mass is 9.81. The maximum Gasteiger partial charge on any atom is 0.410 e. The molecule has 2 aliphatic heterocycles. The van der Waals surface area contributed by atoms with E-state index in [2.05, 4.69) is 4.98 Å². The van der Waals surface area contributed by atoms with Gasteiger partial charge in [-0.15, -0.1) is 0 Å². The number of aromatic nitrogens is 1. The van der Waals surface area contributed by atoms with Gasteiger partial charge in [0.15, 0.2) is 0 Å². The highest BCUT2D eigenvalue weighted by Gasteiger charge is 2.51. The molecule has 1 amide bonds. The summed E-state index contributed by atoms with van der Waals surface area (Å²) in [7, 11) is 0. The van der Waals surface area contributed by atoms with E-state index in [0.29, 0.717) is 12.8 Å². The number of nitrogens with zero attached hydrogens (tertiary/aromatic N) is 2. The molecule has 2 saturated heterocycles. The number of carbonyl (C=O) groups excluding carboxylic acids is 1. The number of amides is 1. The summed E-state index contributed by atoms with van der Waals surface area (Å²) < 4.78 is 5.58. The van der Waals surface area contributed by atoms with Gasteiger partial charge in [0.1, 0.15) is 5.60 Å². The van der Waals surface area contributed by atoms with Crippen LogP contribution in [0.3, 0.4) is 0 Å². The summed E-state index contributed by atoms with van der Waals surface area (Å²) in [6, 6.07) is 9.98. The van der Waals surface area contributed by atoms with Crippen LogP contribution in [0.15, 0.2) is 36.5 Å². The normalized spacial score (nSPS) is 28.4. The van der Waals surface area contributed by atoms with E-state index in [1.165, 1.54) is 0 Å². The number of hydrogen-bond acceptors (Lipinski definition) is 4. The molecule has 2 aliphatic rings. The van der Waals surface area contributed by atoms with Gasteiger partial charge in [0, 0.05) is 42.1 Å². The number of aliphatic hydroxyl groups is 1. The molecule has 138 valence electrons. The average Bonchev–Trinajstić information content (AvgIpc) is 2.85. The van der Waals surface area contributed by atoms with Crippen molar-refractivity contribution in [3.8, 4) is 0 Å². The molecule has 5 nitrogen and oxygen atoms in total. The first-order chi connectivity index (χ1) is 12.3. The lowest BCUT2D eigenvalue weighted by Gasteiger charge is -2.44. The second kappa shape index (κ2) is 5.95. The fraction of sp³-hybridized carbons (Fsp3) is 0.524. The minimum atomic E-state index is -0.943. The van der Waals surface area contributed by atoms with Crippen LogP contribution >= 0.6 is 0 Å². The lowest BCUT2D eigenvalue weighted by molar-refractivity contribution is -0.0625. The molecule has 5 heteroatoms. The summed E-state index contributed by atoms with van der Waals surface area (Å²) in [4.78, 5) is 19.0. The Hall–Kier alpha value is -2.14. The van der Waals surface area contributed by atoms with Gasteiger partial charge in [-0.05, 0) is 45.7 Å². The third kappa shape index (κ3) is 3.05. The standard InChI is InChI=1S/C21H26N2O3/c1-20(2,3)26-19(24)23-16-8-9-17(23)12-21(25,11-16)15-10-14-6-4-5-7-18(14)22-13-15/h4-7,10,13,16-17,25H,8-9,11-12H2,1-3H3. The SMILES string of the molecule is CC(C)(C)OC(=O)N1C2CCC1CC(O)(c1cnc3ccccc3c1)C2. The number of piperidine rings is 1. The number of hydrogen-bond donors (Lipinski definition) is 1. The summed E-state index contributed by atoms with van der Waals surface area (Å²) >= 11 is 0. The molecular formula is C21H26N2O3. The molecule has 1 aromatic carbocycles. The molecule has 26 heavy (non-hydrogen) atoms. The zero-order chi connectivity index (χ0) is 18.5. The molecule has 2 bridgehead atoms. The van der Waals surface area contributed by atoms with Crippen LogP contribution in [0.4, 0.5) is 4.79 Å². The summed E-state index contributed by atoms with van der Waals surface area (Å²) in [6.07, 6.45) is 4.40. The zero-order valence-corrected chi connectivity index (χ0v) is 15.6. The second-order valence-corrected chi connectivity index (χ2v) is 8.63. The van der Waals surface area contributed by atoms with Crippen LogP contribution in [-0.4, -0.2) is 38.8 Å². The van der Waals surface area contributed by atoms with Crippen molar-refractivity contribution in [1.82, 2.24) is 9.88 Å². The van der Waals surface area contributed by atoms with Gasteiger partial charge < -0.3 is 14.7 Å². The molecule has 4 rings (SSSR count). The molecular weight excluding hydrogens is 328 g/mol. The van der Waals surface area contributed by atoms with Crippen molar-refractivity contribution in [2.45, 2.75) is 69.7 Å². The van der Waals surface area contributed by atoms with Crippen LogP contribution in [0.5, 0.6) is 0 Å². The lowest BCUT2D eigenvalue weighted by Crippen LogP contribution is -2.53. The number of carbonyl (C=O) groups is 1. The van der Waals surface area contributed by atoms with Gasteiger partial charge in [0.25, 0.3) is 0 Å². The Morgan fingerprint density at radius 3 is 2.54 bits per heavy atom. The summed E-state index contributed by atoms with van der Waals surface area (Å²) in [5.74, 6) is 0. The molecule has 1 N–H and O–H groups in total. The minimum Gasteiger partial charge on any atom is -0.444 e. The number of ether oxygens (including phenoxy) is 1. The van der Waals surface area contributed by atoms with Crippen molar-refractivity contribution in [1.29, 1.82) is 0 Å². The molecule has 2 atom stereocenters. The molecule has 3 heterocycles. The fourth-order valence-corrected chi connectivity index (χ4v) is 4.40. The highest BCUT2D eigenvalue weighted by molar-refractivity contribution is 5.79. The first-order valence-electron chi connectivity index (χ1n) is 9.34. The van der Waals surface area contributed by atoms with E-state index in [4.69, 9.17) is 4.74 Å². The molecule has 2 fully saturated rings. The van der Waals surface area contributed by atoms with Gasteiger partial charge in [-0.1, -0.05) is 18.2 Å². The number of para-hydroxylation sites is 1. The van der Waals surface area contributed by atoms with E-state index in [1.807, 2.05) is 56.0 Å². The van der Waals surface area contributed by atoms with Crippen LogP contribution < -0.4 is 0 Å². The Bertz CT molecular complexity index is 829. The van der Waals surface area contributed by atoms with Gasteiger partial charge in [-0.3, -0.25) is 4.98 Å². The first-order valence-corrected chi connectivity index (χ1v) is 9.34. The summed E-state index contributed by atoms with van der Waals surface area (Å²) in [6.45, 7) is 5.65. The molecule has 0 spiro atoms. The van der Waals surface area contributed by atoms with Crippen LogP contribution in [0.2, 0.25) is 0 Å². The van der Waals surface area contributed by atoms with E-state index >= 15 is 0 Å². The quantitative estimate of drug-likeness (QED) is 0.841. The predicted molar refractivity (Wildman–Crippen MR) is 99.8 cm³/mol. The van der Waals surface area contributed by atoms with E-state index in [0.717, 1.165) is 29.3 Å². The minimum absolute atomic E-state index is 0.0140. The predicted octanol–water partition coefficient (Wildman–Crippen LogP) is 3.98. The van der Waals surface area contributed by atoms with E-state index in [-0.39, 0.29) is 18.2 Å². The monoisotopic (exact) mass is 354 g/mol. The van der Waals surface area contributed by atoms with E-state index in [1.54, 1.807) is 6.20 Å². The van der Waals surface area contributed by atoms with Gasteiger partial charge >= 0.3 is 6.09 Å². The van der Waals surface area contributed by atoms with Gasteiger partial charge in [0.2, 0.25) is 0 Å². The Morgan fingerprint density at radius 2 is 1.88 bits per heavy atom. The van der Waals surface area contributed by atoms with E-state index < -0.39 is 11.2 Å². The first kappa shape index (κ1) is 17.3. The average molecular weight is 354 g/mol. The Kier molecular flexibility index (Phi) is 3.95. The third-order valence-corrected chi connectivity index (χ3v) is 5.50. The van der Waals surface area contributed by atoms with Gasteiger partial charge in [0.05, 0.1) is 11.1 Å². The van der Waals surface area contributed by atoms with Crippen molar-refractivity contribution >= 4 is 17.0 Å². The highest BCUT2D eigenvalue weighted by Crippen LogP contribution is 2.46. The van der Waals surface area contributed by atoms with Gasteiger partial charge in [-0.2, -0.15) is 0 Å². The Morgan fingerprint density at radius 1 is 1.23 bits per heavy atom. The van der Waals surface area contributed by atoms with Crippen LogP contribution in [-0.2, 0) is 10.3 Å².